The summed E-state index contributed by atoms with van der Waals surface area (Å²) in [6.07, 6.45) is 3.27. The van der Waals surface area contributed by atoms with Gasteiger partial charge >= 0.3 is 0 Å². The maximum absolute atomic E-state index is 4.93. The molecule has 112 valence electrons. The van der Waals surface area contributed by atoms with Crippen LogP contribution in [0.5, 0.6) is 0 Å². The van der Waals surface area contributed by atoms with Gasteiger partial charge in [-0.3, -0.25) is 0 Å². The summed E-state index contributed by atoms with van der Waals surface area (Å²) >= 11 is 0. The lowest BCUT2D eigenvalue weighted by molar-refractivity contribution is 0.368. The zero-order valence-corrected chi connectivity index (χ0v) is 12.7. The Morgan fingerprint density at radius 2 is 1.68 bits per heavy atom. The number of benzene rings is 2. The lowest BCUT2D eigenvalue weighted by Crippen LogP contribution is -2.30. The number of fused-ring (bicyclic) bond motifs is 1. The lowest BCUT2D eigenvalue weighted by Gasteiger charge is -2.26. The molecule has 1 saturated heterocycles. The number of rotatable bonds is 3. The number of hydrogen-bond donors (Lipinski definition) is 1. The van der Waals surface area contributed by atoms with Gasteiger partial charge < -0.3 is 9.88 Å². The Morgan fingerprint density at radius 3 is 2.50 bits per heavy atom. The minimum atomic E-state index is 0.562. The largest absolute Gasteiger partial charge is 0.324 e. The fourth-order valence-corrected chi connectivity index (χ4v) is 3.47. The molecule has 2 heterocycles. The van der Waals surface area contributed by atoms with Crippen molar-refractivity contribution in [2.75, 3.05) is 13.1 Å². The van der Waals surface area contributed by atoms with Gasteiger partial charge in [0, 0.05) is 12.5 Å². The van der Waals surface area contributed by atoms with Crippen LogP contribution >= 0.6 is 0 Å². The predicted molar refractivity (Wildman–Crippen MR) is 90.1 cm³/mol. The van der Waals surface area contributed by atoms with Crippen molar-refractivity contribution >= 4 is 11.0 Å². The minimum absolute atomic E-state index is 0.562. The van der Waals surface area contributed by atoms with Crippen molar-refractivity contribution in [3.8, 4) is 0 Å². The van der Waals surface area contributed by atoms with Crippen LogP contribution in [0, 0.1) is 0 Å². The van der Waals surface area contributed by atoms with Crippen LogP contribution in [0.1, 0.15) is 30.3 Å². The van der Waals surface area contributed by atoms with E-state index in [1.54, 1.807) is 0 Å². The molecule has 1 aromatic heterocycles. The van der Waals surface area contributed by atoms with E-state index in [4.69, 9.17) is 4.98 Å². The first kappa shape index (κ1) is 13.5. The van der Waals surface area contributed by atoms with Gasteiger partial charge in [-0.25, -0.2) is 4.98 Å². The summed E-state index contributed by atoms with van der Waals surface area (Å²) in [5, 5.41) is 3.46. The van der Waals surface area contributed by atoms with Crippen LogP contribution in [-0.2, 0) is 6.42 Å². The van der Waals surface area contributed by atoms with E-state index in [1.807, 2.05) is 0 Å². The molecule has 0 spiro atoms. The number of aromatic nitrogens is 2. The zero-order valence-electron chi connectivity index (χ0n) is 12.7. The molecule has 1 aliphatic heterocycles. The van der Waals surface area contributed by atoms with Gasteiger partial charge in [-0.2, -0.15) is 0 Å². The van der Waals surface area contributed by atoms with E-state index in [2.05, 4.69) is 64.5 Å². The Kier molecular flexibility index (Phi) is 3.65. The highest BCUT2D eigenvalue weighted by Crippen LogP contribution is 2.28. The van der Waals surface area contributed by atoms with Crippen molar-refractivity contribution in [3.63, 3.8) is 0 Å². The van der Waals surface area contributed by atoms with Crippen LogP contribution in [0.25, 0.3) is 11.0 Å². The molecule has 3 aromatic rings. The Balaban J connectivity index is 1.79. The summed E-state index contributed by atoms with van der Waals surface area (Å²) in [5.41, 5.74) is 3.72. The average Bonchev–Trinajstić information content (AvgIpc) is 2.94. The van der Waals surface area contributed by atoms with Crippen LogP contribution < -0.4 is 5.32 Å². The zero-order chi connectivity index (χ0) is 14.8. The monoisotopic (exact) mass is 291 g/mol. The molecule has 0 amide bonds. The van der Waals surface area contributed by atoms with E-state index in [0.29, 0.717) is 6.04 Å². The van der Waals surface area contributed by atoms with Gasteiger partial charge in [0.1, 0.15) is 5.82 Å². The first-order chi connectivity index (χ1) is 10.9. The summed E-state index contributed by atoms with van der Waals surface area (Å²) < 4.78 is 2.49. The third-order valence-electron chi connectivity index (χ3n) is 4.55. The third-order valence-corrected chi connectivity index (χ3v) is 4.55. The van der Waals surface area contributed by atoms with Crippen LogP contribution in [0.15, 0.2) is 54.6 Å². The molecule has 0 radical (unpaired) electrons. The quantitative estimate of drug-likeness (QED) is 0.800. The fourth-order valence-electron chi connectivity index (χ4n) is 3.47. The first-order valence-corrected chi connectivity index (χ1v) is 8.12. The molecule has 0 aliphatic carbocycles. The Bertz CT molecular complexity index is 755. The molecule has 1 fully saturated rings. The second-order valence-electron chi connectivity index (χ2n) is 6.03. The summed E-state index contributed by atoms with van der Waals surface area (Å²) in [5.74, 6) is 1.19. The molecule has 1 N–H and O–H groups in total. The van der Waals surface area contributed by atoms with Crippen LogP contribution in [0.2, 0.25) is 0 Å². The number of para-hydroxylation sites is 2. The van der Waals surface area contributed by atoms with E-state index < -0.39 is 0 Å². The lowest BCUT2D eigenvalue weighted by atomic mass is 10.1. The molecule has 3 nitrogen and oxygen atoms in total. The Morgan fingerprint density at radius 1 is 0.955 bits per heavy atom. The van der Waals surface area contributed by atoms with Crippen molar-refractivity contribution in [3.05, 3.63) is 66.0 Å². The van der Waals surface area contributed by atoms with Crippen LogP contribution in [0.3, 0.4) is 0 Å². The highest BCUT2D eigenvalue weighted by Gasteiger charge is 2.21. The van der Waals surface area contributed by atoms with E-state index in [9.17, 15) is 0 Å². The van der Waals surface area contributed by atoms with E-state index in [1.165, 1.54) is 29.7 Å². The number of piperidine rings is 1. The molecule has 4 rings (SSSR count). The third kappa shape index (κ3) is 2.53. The van der Waals surface area contributed by atoms with Gasteiger partial charge in [-0.1, -0.05) is 42.5 Å². The predicted octanol–water partition coefficient (Wildman–Crippen LogP) is 3.55. The van der Waals surface area contributed by atoms with Gasteiger partial charge in [-0.05, 0) is 43.6 Å². The SMILES string of the molecule is c1ccc(Cc2nc3ccccc3n2C2CCNCC2)cc1. The van der Waals surface area contributed by atoms with Gasteiger partial charge in [0.05, 0.1) is 11.0 Å². The van der Waals surface area contributed by atoms with Crippen molar-refractivity contribution in [1.29, 1.82) is 0 Å². The van der Waals surface area contributed by atoms with Crippen molar-refractivity contribution in [1.82, 2.24) is 14.9 Å². The number of imidazole rings is 1. The van der Waals surface area contributed by atoms with Crippen LogP contribution in [0.4, 0.5) is 0 Å². The fraction of sp³-hybridized carbons (Fsp3) is 0.316. The Labute approximate surface area is 131 Å². The number of nitrogens with zero attached hydrogens (tertiary/aromatic N) is 2. The van der Waals surface area contributed by atoms with E-state index >= 15 is 0 Å². The first-order valence-electron chi connectivity index (χ1n) is 8.12. The highest BCUT2D eigenvalue weighted by molar-refractivity contribution is 5.76. The van der Waals surface area contributed by atoms with Crippen molar-refractivity contribution in [2.45, 2.75) is 25.3 Å². The highest BCUT2D eigenvalue weighted by atomic mass is 15.1. The Hall–Kier alpha value is -2.13. The second-order valence-corrected chi connectivity index (χ2v) is 6.03. The van der Waals surface area contributed by atoms with Crippen LogP contribution in [-0.4, -0.2) is 22.6 Å². The summed E-state index contributed by atoms with van der Waals surface area (Å²) in [6, 6.07) is 19.7. The smallest absolute Gasteiger partial charge is 0.114 e. The second kappa shape index (κ2) is 5.93. The molecule has 1 aliphatic rings. The van der Waals surface area contributed by atoms with Gasteiger partial charge in [-0.15, -0.1) is 0 Å². The molecule has 2 aromatic carbocycles. The van der Waals surface area contributed by atoms with Gasteiger partial charge in [0.25, 0.3) is 0 Å². The molecule has 0 bridgehead atoms. The normalized spacial score (nSPS) is 16.2. The molecule has 0 atom stereocenters. The molecular weight excluding hydrogens is 270 g/mol. The molecule has 0 unspecified atom stereocenters. The molecule has 22 heavy (non-hydrogen) atoms. The number of hydrogen-bond acceptors (Lipinski definition) is 2. The summed E-state index contributed by atoms with van der Waals surface area (Å²) in [4.78, 5) is 4.93. The minimum Gasteiger partial charge on any atom is -0.324 e. The maximum atomic E-state index is 4.93. The van der Waals surface area contributed by atoms with Gasteiger partial charge in [0.15, 0.2) is 0 Å². The van der Waals surface area contributed by atoms with Crippen molar-refractivity contribution < 1.29 is 0 Å². The average molecular weight is 291 g/mol. The topological polar surface area (TPSA) is 29.9 Å². The van der Waals surface area contributed by atoms with Gasteiger partial charge in [0.2, 0.25) is 0 Å². The standard InChI is InChI=1S/C19H21N3/c1-2-6-15(7-3-1)14-19-21-17-8-4-5-9-18(17)22(19)16-10-12-20-13-11-16/h1-9,16,20H,10-14H2. The maximum Gasteiger partial charge on any atom is 0.114 e. The van der Waals surface area contributed by atoms with E-state index in [0.717, 1.165) is 25.0 Å². The molecule has 0 saturated carbocycles. The molecule has 3 heteroatoms. The summed E-state index contributed by atoms with van der Waals surface area (Å²) in [6.45, 7) is 2.20. The summed E-state index contributed by atoms with van der Waals surface area (Å²) in [7, 11) is 0. The van der Waals surface area contributed by atoms with E-state index in [-0.39, 0.29) is 0 Å². The molecular formula is C19H21N3. The van der Waals surface area contributed by atoms with Crippen molar-refractivity contribution in [2.24, 2.45) is 0 Å². The number of nitrogens with one attached hydrogen (secondary N) is 1.